The van der Waals surface area contributed by atoms with Crippen molar-refractivity contribution in [2.75, 3.05) is 11.8 Å². The Morgan fingerprint density at radius 1 is 1.19 bits per heavy atom. The van der Waals surface area contributed by atoms with E-state index in [0.717, 1.165) is 6.07 Å². The zero-order valence-corrected chi connectivity index (χ0v) is 12.7. The zero-order valence-electron chi connectivity index (χ0n) is 11.1. The quantitative estimate of drug-likeness (QED) is 0.914. The molecule has 0 unspecified atom stereocenters. The van der Waals surface area contributed by atoms with E-state index in [1.165, 1.54) is 19.2 Å². The van der Waals surface area contributed by atoms with Crippen LogP contribution in [0.2, 0.25) is 5.02 Å². The molecule has 112 valence electrons. The molecule has 1 N–H and O–H groups in total. The number of hydrogen-bond acceptors (Lipinski definition) is 3. The summed E-state index contributed by atoms with van der Waals surface area (Å²) >= 11 is 5.75. The third-order valence-electron chi connectivity index (χ3n) is 2.70. The van der Waals surface area contributed by atoms with Crippen LogP contribution in [0.5, 0.6) is 5.75 Å². The van der Waals surface area contributed by atoms with Crippen LogP contribution in [0.4, 0.5) is 10.1 Å². The fraction of sp³-hybridized carbons (Fsp3) is 0.143. The molecule has 0 aromatic heterocycles. The lowest BCUT2D eigenvalue weighted by Crippen LogP contribution is -2.15. The highest BCUT2D eigenvalue weighted by Gasteiger charge is 2.15. The maximum Gasteiger partial charge on any atom is 0.237 e. The van der Waals surface area contributed by atoms with Crippen molar-refractivity contribution >= 4 is 27.3 Å². The number of sulfonamides is 1. The van der Waals surface area contributed by atoms with Crippen LogP contribution in [0.1, 0.15) is 5.56 Å². The predicted molar refractivity (Wildman–Crippen MR) is 80.7 cm³/mol. The molecule has 0 saturated carbocycles. The van der Waals surface area contributed by atoms with Gasteiger partial charge >= 0.3 is 0 Å². The van der Waals surface area contributed by atoms with E-state index < -0.39 is 15.8 Å². The maximum absolute atomic E-state index is 13.2. The van der Waals surface area contributed by atoms with E-state index in [0.29, 0.717) is 10.6 Å². The lowest BCUT2D eigenvalue weighted by atomic mass is 10.2. The van der Waals surface area contributed by atoms with Crippen molar-refractivity contribution in [1.82, 2.24) is 0 Å². The molecule has 0 aliphatic rings. The van der Waals surface area contributed by atoms with Gasteiger partial charge in [-0.3, -0.25) is 4.72 Å². The number of ether oxygens (including phenoxy) is 1. The topological polar surface area (TPSA) is 55.4 Å². The first-order valence-corrected chi connectivity index (χ1v) is 8.01. The molecule has 0 heterocycles. The fourth-order valence-corrected chi connectivity index (χ4v) is 3.09. The minimum absolute atomic E-state index is 0.0615. The normalized spacial score (nSPS) is 11.2. The molecule has 21 heavy (non-hydrogen) atoms. The van der Waals surface area contributed by atoms with E-state index in [1.807, 2.05) is 0 Å². The van der Waals surface area contributed by atoms with Crippen LogP contribution in [-0.4, -0.2) is 15.5 Å². The number of benzene rings is 2. The third-order valence-corrected chi connectivity index (χ3v) is 4.19. The first kappa shape index (κ1) is 15.6. The Bertz CT molecular complexity index is 732. The Morgan fingerprint density at radius 3 is 2.48 bits per heavy atom. The molecule has 0 spiro atoms. The van der Waals surface area contributed by atoms with E-state index in [2.05, 4.69) is 4.72 Å². The average Bonchev–Trinajstić information content (AvgIpc) is 2.41. The van der Waals surface area contributed by atoms with Gasteiger partial charge in [-0.25, -0.2) is 12.8 Å². The summed E-state index contributed by atoms with van der Waals surface area (Å²) in [6.07, 6.45) is 0. The Hall–Kier alpha value is -1.79. The summed E-state index contributed by atoms with van der Waals surface area (Å²) in [6.45, 7) is 0. The van der Waals surface area contributed by atoms with Crippen molar-refractivity contribution < 1.29 is 17.5 Å². The second kappa shape index (κ2) is 6.32. The Morgan fingerprint density at radius 2 is 1.86 bits per heavy atom. The molecular weight excluding hydrogens is 317 g/mol. The lowest BCUT2D eigenvalue weighted by molar-refractivity contribution is 0.416. The van der Waals surface area contributed by atoms with Crippen LogP contribution in [-0.2, 0) is 15.8 Å². The molecule has 0 bridgehead atoms. The number of methoxy groups -OCH3 is 1. The first-order valence-electron chi connectivity index (χ1n) is 5.98. The highest BCUT2D eigenvalue weighted by molar-refractivity contribution is 7.91. The third kappa shape index (κ3) is 4.34. The number of anilines is 1. The second-order valence-corrected chi connectivity index (χ2v) is 6.49. The SMILES string of the molecule is COc1ccc(F)cc1NS(=O)(=O)Cc1ccc(Cl)cc1. The number of halogens is 2. The number of nitrogens with one attached hydrogen (secondary N) is 1. The van der Waals surface area contributed by atoms with Crippen molar-refractivity contribution in [2.45, 2.75) is 5.75 Å². The second-order valence-electron chi connectivity index (χ2n) is 4.33. The van der Waals surface area contributed by atoms with Crippen molar-refractivity contribution in [3.8, 4) is 5.75 Å². The molecule has 0 fully saturated rings. The maximum atomic E-state index is 13.2. The molecular formula is C14H13ClFNO3S. The van der Waals surface area contributed by atoms with E-state index >= 15 is 0 Å². The van der Waals surface area contributed by atoms with Gasteiger partial charge in [0.25, 0.3) is 0 Å². The molecule has 2 rings (SSSR count). The molecule has 4 nitrogen and oxygen atoms in total. The molecule has 2 aromatic rings. The molecule has 0 amide bonds. The monoisotopic (exact) mass is 329 g/mol. The van der Waals surface area contributed by atoms with Crippen molar-refractivity contribution in [3.63, 3.8) is 0 Å². The van der Waals surface area contributed by atoms with Crippen LogP contribution in [0.3, 0.4) is 0 Å². The van der Waals surface area contributed by atoms with Gasteiger partial charge in [-0.2, -0.15) is 0 Å². The first-order chi connectivity index (χ1) is 9.89. The highest BCUT2D eigenvalue weighted by Crippen LogP contribution is 2.26. The van der Waals surface area contributed by atoms with Crippen molar-refractivity contribution in [2.24, 2.45) is 0 Å². The Balaban J connectivity index is 2.21. The molecule has 2 aromatic carbocycles. The largest absolute Gasteiger partial charge is 0.495 e. The minimum atomic E-state index is -3.69. The summed E-state index contributed by atoms with van der Waals surface area (Å²) in [6, 6.07) is 10.1. The van der Waals surface area contributed by atoms with Gasteiger partial charge in [-0.1, -0.05) is 23.7 Å². The molecule has 7 heteroatoms. The molecule has 0 aliphatic heterocycles. The van der Waals surface area contributed by atoms with Gasteiger partial charge in [-0.15, -0.1) is 0 Å². The molecule has 0 radical (unpaired) electrons. The standard InChI is InChI=1S/C14H13ClFNO3S/c1-20-14-7-6-12(16)8-13(14)17-21(18,19)9-10-2-4-11(15)5-3-10/h2-8,17H,9H2,1H3. The summed E-state index contributed by atoms with van der Waals surface area (Å²) < 4.78 is 44.8. The number of rotatable bonds is 5. The highest BCUT2D eigenvalue weighted by atomic mass is 35.5. The van der Waals surface area contributed by atoms with Crippen molar-refractivity contribution in [3.05, 3.63) is 58.9 Å². The summed E-state index contributed by atoms with van der Waals surface area (Å²) in [7, 11) is -2.31. The van der Waals surface area contributed by atoms with Gasteiger partial charge in [0, 0.05) is 11.1 Å². The van der Waals surface area contributed by atoms with E-state index in [4.69, 9.17) is 16.3 Å². The minimum Gasteiger partial charge on any atom is -0.495 e. The zero-order chi connectivity index (χ0) is 15.5. The Labute approximate surface area is 127 Å². The van der Waals surface area contributed by atoms with Gasteiger partial charge in [0.15, 0.2) is 0 Å². The molecule has 0 aliphatic carbocycles. The Kier molecular flexibility index (Phi) is 4.69. The predicted octanol–water partition coefficient (Wildman–Crippen LogP) is 3.43. The van der Waals surface area contributed by atoms with E-state index in [1.54, 1.807) is 24.3 Å². The molecule has 0 saturated heterocycles. The van der Waals surface area contributed by atoms with E-state index in [-0.39, 0.29) is 17.2 Å². The summed E-state index contributed by atoms with van der Waals surface area (Å²) in [4.78, 5) is 0. The summed E-state index contributed by atoms with van der Waals surface area (Å²) in [5.74, 6) is -0.555. The number of hydrogen-bond donors (Lipinski definition) is 1. The van der Waals surface area contributed by atoms with Crippen LogP contribution in [0.15, 0.2) is 42.5 Å². The van der Waals surface area contributed by atoms with Crippen LogP contribution in [0, 0.1) is 5.82 Å². The van der Waals surface area contributed by atoms with Crippen molar-refractivity contribution in [1.29, 1.82) is 0 Å². The van der Waals surface area contributed by atoms with Crippen LogP contribution >= 0.6 is 11.6 Å². The smallest absolute Gasteiger partial charge is 0.237 e. The van der Waals surface area contributed by atoms with Crippen LogP contribution in [0.25, 0.3) is 0 Å². The molecule has 0 atom stereocenters. The van der Waals surface area contributed by atoms with Crippen LogP contribution < -0.4 is 9.46 Å². The van der Waals surface area contributed by atoms with Gasteiger partial charge in [0.2, 0.25) is 10.0 Å². The van der Waals surface area contributed by atoms with Gasteiger partial charge < -0.3 is 4.74 Å². The summed E-state index contributed by atoms with van der Waals surface area (Å²) in [5.41, 5.74) is 0.633. The average molecular weight is 330 g/mol. The lowest BCUT2D eigenvalue weighted by Gasteiger charge is -2.12. The van der Waals surface area contributed by atoms with Gasteiger partial charge in [0.1, 0.15) is 11.6 Å². The summed E-state index contributed by atoms with van der Waals surface area (Å²) in [5, 5.41) is 0.524. The van der Waals surface area contributed by atoms with Gasteiger partial charge in [-0.05, 0) is 29.8 Å². The van der Waals surface area contributed by atoms with E-state index in [9.17, 15) is 12.8 Å². The van der Waals surface area contributed by atoms with Gasteiger partial charge in [0.05, 0.1) is 18.6 Å². The fourth-order valence-electron chi connectivity index (χ4n) is 1.76.